The minimum absolute atomic E-state index is 0.101. The number of amides is 2. The molecule has 186 valence electrons. The van der Waals surface area contributed by atoms with Crippen LogP contribution in [-0.4, -0.2) is 58.3 Å². The number of aliphatic hydroxyl groups excluding tert-OH is 2. The number of furan rings is 1. The number of benzene rings is 1. The molecule has 0 fully saturated rings. The molecule has 3 N–H and O–H groups in total. The summed E-state index contributed by atoms with van der Waals surface area (Å²) in [5.41, 5.74) is 2.02. The van der Waals surface area contributed by atoms with Crippen molar-refractivity contribution < 1.29 is 29.0 Å². The fourth-order valence-electron chi connectivity index (χ4n) is 4.84. The van der Waals surface area contributed by atoms with Crippen LogP contribution in [0.4, 0.5) is 0 Å². The van der Waals surface area contributed by atoms with E-state index >= 15 is 0 Å². The molecule has 0 unspecified atom stereocenters. The van der Waals surface area contributed by atoms with Crippen molar-refractivity contribution in [3.8, 4) is 5.75 Å². The first-order valence-electron chi connectivity index (χ1n) is 12.0. The average Bonchev–Trinajstić information content (AvgIpc) is 3.52. The molecule has 4 rings (SSSR count). The molecule has 1 aliphatic carbocycles. The lowest BCUT2D eigenvalue weighted by Gasteiger charge is -2.40. The Balaban J connectivity index is 1.69. The van der Waals surface area contributed by atoms with Crippen LogP contribution in [-0.2, 0) is 16.1 Å². The van der Waals surface area contributed by atoms with Gasteiger partial charge < -0.3 is 29.6 Å². The minimum atomic E-state index is -1.05. The van der Waals surface area contributed by atoms with Crippen molar-refractivity contribution in [2.24, 2.45) is 0 Å². The molecule has 0 radical (unpaired) electrons. The lowest BCUT2D eigenvalue weighted by Crippen LogP contribution is -2.55. The zero-order valence-electron chi connectivity index (χ0n) is 19.6. The number of unbranched alkanes of at least 4 members (excludes halogenated alkanes) is 2. The van der Waals surface area contributed by atoms with Gasteiger partial charge in [0.2, 0.25) is 11.8 Å². The molecule has 8 heteroatoms. The lowest BCUT2D eigenvalue weighted by molar-refractivity contribution is -0.138. The van der Waals surface area contributed by atoms with Crippen LogP contribution in [0.1, 0.15) is 42.7 Å². The van der Waals surface area contributed by atoms with E-state index in [1.54, 1.807) is 23.3 Å². The van der Waals surface area contributed by atoms with E-state index in [0.717, 1.165) is 24.0 Å². The molecular weight excluding hydrogens is 448 g/mol. The zero-order chi connectivity index (χ0) is 24.8. The quantitative estimate of drug-likeness (QED) is 0.337. The molecule has 2 heterocycles. The summed E-state index contributed by atoms with van der Waals surface area (Å²) in [5, 5.41) is 23.4. The summed E-state index contributed by atoms with van der Waals surface area (Å²) >= 11 is 0. The largest absolute Gasteiger partial charge is 0.486 e. The number of nitrogens with zero attached hydrogens (tertiary/aromatic N) is 1. The summed E-state index contributed by atoms with van der Waals surface area (Å²) in [4.78, 5) is 28.2. The van der Waals surface area contributed by atoms with Crippen LogP contribution in [0.5, 0.6) is 5.75 Å². The van der Waals surface area contributed by atoms with Gasteiger partial charge in [0.05, 0.1) is 31.1 Å². The smallest absolute Gasteiger partial charge is 0.247 e. The molecule has 0 bridgehead atoms. The van der Waals surface area contributed by atoms with Gasteiger partial charge in [-0.25, -0.2) is 0 Å². The minimum Gasteiger partial charge on any atom is -0.486 e. The van der Waals surface area contributed by atoms with E-state index in [1.807, 2.05) is 30.3 Å². The summed E-state index contributed by atoms with van der Waals surface area (Å²) in [6, 6.07) is 8.40. The number of rotatable bonds is 11. The molecule has 0 saturated heterocycles. The van der Waals surface area contributed by atoms with Gasteiger partial charge in [-0.05, 0) is 37.5 Å². The lowest BCUT2D eigenvalue weighted by atomic mass is 9.77. The van der Waals surface area contributed by atoms with Crippen LogP contribution in [0, 0.1) is 0 Å². The monoisotopic (exact) mass is 480 g/mol. The van der Waals surface area contributed by atoms with E-state index < -0.39 is 24.2 Å². The van der Waals surface area contributed by atoms with Crippen molar-refractivity contribution in [1.82, 2.24) is 10.2 Å². The Kier molecular flexibility index (Phi) is 8.05. The maximum Gasteiger partial charge on any atom is 0.247 e. The average molecular weight is 481 g/mol. The number of nitrogens with one attached hydrogen (secondary N) is 1. The van der Waals surface area contributed by atoms with Crippen molar-refractivity contribution in [1.29, 1.82) is 0 Å². The van der Waals surface area contributed by atoms with E-state index in [9.17, 15) is 19.8 Å². The Hall–Kier alpha value is -3.36. The number of allylic oxidation sites excluding steroid dienone is 1. The van der Waals surface area contributed by atoms with Crippen LogP contribution < -0.4 is 10.1 Å². The number of carbonyl (C=O) groups excluding carboxylic acids is 2. The van der Waals surface area contributed by atoms with Gasteiger partial charge in [0.25, 0.3) is 0 Å². The molecule has 1 aliphatic heterocycles. The number of hydrogen-bond donors (Lipinski definition) is 3. The fourth-order valence-corrected chi connectivity index (χ4v) is 4.84. The molecule has 2 aliphatic rings. The van der Waals surface area contributed by atoms with Crippen LogP contribution in [0.2, 0.25) is 0 Å². The highest BCUT2D eigenvalue weighted by atomic mass is 16.5. The molecule has 0 saturated carbocycles. The standard InChI is InChI=1S/C27H32N2O6/c1-2-3-4-5-10-23(31)29(16-18-11-14-34-17-18)21-15-20(27(33)28-12-13-30)24-19-8-6-7-9-22(19)35-26(24)25(21)32/h2,6-9,11,14-15,17,21,24-26,30,32H,1,3-5,10,12-13,16H2,(H,28,33)/t21-,24+,25+,26+/m1/s1. The molecule has 35 heavy (non-hydrogen) atoms. The van der Waals surface area contributed by atoms with E-state index in [2.05, 4.69) is 11.9 Å². The molecule has 1 aromatic heterocycles. The van der Waals surface area contributed by atoms with Crippen molar-refractivity contribution in [2.75, 3.05) is 13.2 Å². The predicted octanol–water partition coefficient (Wildman–Crippen LogP) is 2.68. The van der Waals surface area contributed by atoms with Gasteiger partial charge in [0.15, 0.2) is 0 Å². The Labute approximate surface area is 204 Å². The Morgan fingerprint density at radius 1 is 1.20 bits per heavy atom. The Morgan fingerprint density at radius 3 is 2.77 bits per heavy atom. The molecule has 8 nitrogen and oxygen atoms in total. The summed E-state index contributed by atoms with van der Waals surface area (Å²) in [7, 11) is 0. The first-order valence-corrected chi connectivity index (χ1v) is 12.0. The third-order valence-corrected chi connectivity index (χ3v) is 6.54. The Bertz CT molecular complexity index is 1060. The van der Waals surface area contributed by atoms with E-state index in [0.29, 0.717) is 24.2 Å². The highest BCUT2D eigenvalue weighted by Crippen LogP contribution is 2.47. The molecular formula is C27H32N2O6. The van der Waals surface area contributed by atoms with Crippen LogP contribution >= 0.6 is 0 Å². The first kappa shape index (κ1) is 24.8. The molecule has 0 spiro atoms. The van der Waals surface area contributed by atoms with Gasteiger partial charge in [-0.2, -0.15) is 0 Å². The highest BCUT2D eigenvalue weighted by molar-refractivity contribution is 5.96. The number of aliphatic hydroxyl groups is 2. The Morgan fingerprint density at radius 2 is 2.03 bits per heavy atom. The topological polar surface area (TPSA) is 112 Å². The normalized spacial score (nSPS) is 22.4. The summed E-state index contributed by atoms with van der Waals surface area (Å²) in [6.07, 6.45) is 7.51. The molecule has 4 atom stereocenters. The summed E-state index contributed by atoms with van der Waals surface area (Å²) < 4.78 is 11.3. The molecule has 1 aromatic carbocycles. The zero-order valence-corrected chi connectivity index (χ0v) is 19.6. The van der Waals surface area contributed by atoms with Crippen LogP contribution in [0.15, 0.2) is 71.6 Å². The fraction of sp³-hybridized carbons (Fsp3) is 0.407. The van der Waals surface area contributed by atoms with Crippen molar-refractivity contribution in [3.05, 3.63) is 78.3 Å². The van der Waals surface area contributed by atoms with Gasteiger partial charge in [-0.15, -0.1) is 6.58 Å². The predicted molar refractivity (Wildman–Crippen MR) is 129 cm³/mol. The van der Waals surface area contributed by atoms with Gasteiger partial charge in [0.1, 0.15) is 18.0 Å². The highest BCUT2D eigenvalue weighted by Gasteiger charge is 2.50. The second-order valence-electron chi connectivity index (χ2n) is 8.87. The first-order chi connectivity index (χ1) is 17.0. The summed E-state index contributed by atoms with van der Waals surface area (Å²) in [5.74, 6) is -0.345. The van der Waals surface area contributed by atoms with Crippen molar-refractivity contribution in [2.45, 2.75) is 56.4 Å². The van der Waals surface area contributed by atoms with Crippen molar-refractivity contribution >= 4 is 11.8 Å². The number of para-hydroxylation sites is 1. The van der Waals surface area contributed by atoms with E-state index in [-0.39, 0.29) is 31.5 Å². The van der Waals surface area contributed by atoms with Gasteiger partial charge in [-0.1, -0.05) is 24.3 Å². The number of carbonyl (C=O) groups is 2. The number of ether oxygens (including phenoxy) is 1. The van der Waals surface area contributed by atoms with E-state index in [1.165, 1.54) is 6.26 Å². The second kappa shape index (κ2) is 11.4. The SMILES string of the molecule is C=CCCCCC(=O)N(Cc1ccoc1)[C@@H]1C=C(C(=O)NCCO)[C@@H]2c3ccccc3O[C@@H]2[C@H]1O. The maximum atomic E-state index is 13.4. The van der Waals surface area contributed by atoms with Crippen LogP contribution in [0.25, 0.3) is 0 Å². The van der Waals surface area contributed by atoms with Gasteiger partial charge in [0, 0.05) is 36.2 Å². The third kappa shape index (κ3) is 5.33. The number of fused-ring (bicyclic) bond motifs is 3. The van der Waals surface area contributed by atoms with Gasteiger partial charge in [-0.3, -0.25) is 9.59 Å². The van der Waals surface area contributed by atoms with Gasteiger partial charge >= 0.3 is 0 Å². The van der Waals surface area contributed by atoms with E-state index in [4.69, 9.17) is 9.15 Å². The summed E-state index contributed by atoms with van der Waals surface area (Å²) in [6.45, 7) is 3.86. The number of hydrogen-bond acceptors (Lipinski definition) is 6. The maximum absolute atomic E-state index is 13.4. The molecule has 2 aromatic rings. The third-order valence-electron chi connectivity index (χ3n) is 6.54. The van der Waals surface area contributed by atoms with Crippen LogP contribution in [0.3, 0.4) is 0 Å². The second-order valence-corrected chi connectivity index (χ2v) is 8.87. The van der Waals surface area contributed by atoms with Crippen molar-refractivity contribution in [3.63, 3.8) is 0 Å². The molecule has 2 amide bonds.